The Labute approximate surface area is 371 Å². The van der Waals surface area contributed by atoms with Gasteiger partial charge in [0.1, 0.15) is 24.6 Å². The Morgan fingerprint density at radius 1 is 0.952 bits per heavy atom. The van der Waals surface area contributed by atoms with Crippen LogP contribution in [-0.4, -0.2) is 103 Å². The molecule has 1 unspecified atom stereocenters. The molecule has 0 radical (unpaired) electrons. The smallest absolute Gasteiger partial charge is 0.306 e. The van der Waals surface area contributed by atoms with Crippen LogP contribution in [0.5, 0.6) is 11.6 Å². The highest BCUT2D eigenvalue weighted by Gasteiger charge is 2.61. The molecule has 1 aromatic heterocycles. The highest BCUT2D eigenvalue weighted by molar-refractivity contribution is 7.90. The molecule has 4 saturated carbocycles. The molecule has 4 aliphatic carbocycles. The fourth-order valence-corrected chi connectivity index (χ4v) is 12.8. The maximum absolute atomic E-state index is 15.2. The Balaban J connectivity index is 1.07. The zero-order valence-electron chi connectivity index (χ0n) is 36.6. The number of likely N-dealkylation sites (tertiary alicyclic amines) is 1. The van der Waals surface area contributed by atoms with Gasteiger partial charge in [-0.3, -0.25) is 28.8 Å². The third kappa shape index (κ3) is 9.58. The van der Waals surface area contributed by atoms with Gasteiger partial charge in [-0.2, -0.15) is 0 Å². The van der Waals surface area contributed by atoms with Gasteiger partial charge < -0.3 is 19.1 Å². The Kier molecular flexibility index (Phi) is 13.0. The lowest BCUT2D eigenvalue weighted by Crippen LogP contribution is -2.47. The second-order valence-corrected chi connectivity index (χ2v) is 21.4. The van der Waals surface area contributed by atoms with Gasteiger partial charge in [-0.25, -0.2) is 13.4 Å². The quantitative estimate of drug-likeness (QED) is 0.180. The molecule has 14 heteroatoms. The molecular formula is C49H64N4O9S. The molecule has 1 N–H and O–H groups in total. The SMILES string of the molecule is C=CC1C[C@]1(CC(=O)[C@@H]1C[C@@H]2CN1C(=O)[C@H](C1CCCC1)CC(=O)O[C@@H]1CCC[C@H]1CC/C=C/Cc1c(nc3ccccc3c1OCCN1CCCC1)O2)C(=O)NS(=O)(=O)C1CC1. The Hall–Kier alpha value is -4.30. The minimum Gasteiger partial charge on any atom is -0.491 e. The van der Waals surface area contributed by atoms with E-state index < -0.39 is 50.6 Å². The standard InChI is InChI=1S/C49H64N4O9S/c1-2-34-29-49(34,48(57)51-63(58,59)36-21-22-36)30-42(54)41-27-35-31-53(41)47(56)39(32-13-6-7-14-32)28-44(55)62-43-20-12-16-33(43)15-4-3-5-18-38-45(60-26-25-52-23-10-11-24-52)37-17-8-9-19-40(37)50-46(38)61-35/h2-3,5,8-9,17,19,32-36,39,41,43H,1,4,6-7,10-16,18,20-31H2,(H,51,57)/b5-3+/t33-,34?,35-,39+,41+,43-,49-/m1/s1. The van der Waals surface area contributed by atoms with Gasteiger partial charge in [0.15, 0.2) is 5.78 Å². The molecule has 63 heavy (non-hydrogen) atoms. The average Bonchev–Trinajstić information content (AvgIpc) is 3.85. The number of carbonyl (C=O) groups is 4. The number of pyridine rings is 1. The van der Waals surface area contributed by atoms with E-state index in [0.29, 0.717) is 37.3 Å². The molecule has 0 spiro atoms. The lowest BCUT2D eigenvalue weighted by molar-refractivity contribution is -0.156. The van der Waals surface area contributed by atoms with E-state index in [1.165, 1.54) is 12.8 Å². The number of amides is 2. The van der Waals surface area contributed by atoms with Gasteiger partial charge in [0.2, 0.25) is 27.7 Å². The third-order valence-corrected chi connectivity index (χ3v) is 17.1. The third-order valence-electron chi connectivity index (χ3n) is 15.2. The van der Waals surface area contributed by atoms with Crippen molar-refractivity contribution in [2.24, 2.45) is 29.1 Å². The number of rotatable bonds is 12. The molecule has 2 amide bonds. The van der Waals surface area contributed by atoms with Crippen LogP contribution in [0.4, 0.5) is 0 Å². The van der Waals surface area contributed by atoms with Gasteiger partial charge in [0.25, 0.3) is 0 Å². The number of allylic oxidation sites excluding steroid dienone is 3. The van der Waals surface area contributed by atoms with E-state index in [9.17, 15) is 22.8 Å². The van der Waals surface area contributed by atoms with Crippen LogP contribution < -0.4 is 14.2 Å². The first-order valence-electron chi connectivity index (χ1n) is 23.8. The summed E-state index contributed by atoms with van der Waals surface area (Å²) in [6.45, 7) is 7.39. The van der Waals surface area contributed by atoms with Gasteiger partial charge in [-0.15, -0.1) is 6.58 Å². The van der Waals surface area contributed by atoms with Gasteiger partial charge >= 0.3 is 5.97 Å². The summed E-state index contributed by atoms with van der Waals surface area (Å²) in [4.78, 5) is 66.8. The van der Waals surface area contributed by atoms with E-state index in [4.69, 9.17) is 19.2 Å². The number of benzene rings is 1. The van der Waals surface area contributed by atoms with Crippen molar-refractivity contribution < 1.29 is 41.8 Å². The lowest BCUT2D eigenvalue weighted by Gasteiger charge is -2.31. The van der Waals surface area contributed by atoms with Crippen molar-refractivity contribution in [1.29, 1.82) is 0 Å². The number of ketones is 1. The van der Waals surface area contributed by atoms with Crippen LogP contribution in [0.1, 0.15) is 115 Å². The summed E-state index contributed by atoms with van der Waals surface area (Å²) in [6, 6.07) is 6.90. The van der Waals surface area contributed by atoms with Crippen molar-refractivity contribution in [1.82, 2.24) is 19.5 Å². The van der Waals surface area contributed by atoms with Crippen molar-refractivity contribution in [3.05, 3.63) is 54.6 Å². The second kappa shape index (κ2) is 18.7. The minimum atomic E-state index is -3.86. The van der Waals surface area contributed by atoms with E-state index in [1.807, 2.05) is 24.3 Å². The molecule has 9 rings (SSSR count). The largest absolute Gasteiger partial charge is 0.491 e. The maximum Gasteiger partial charge on any atom is 0.306 e. The summed E-state index contributed by atoms with van der Waals surface area (Å²) in [5, 5.41) is 0.282. The topological polar surface area (TPSA) is 162 Å². The van der Waals surface area contributed by atoms with Crippen molar-refractivity contribution in [2.75, 3.05) is 32.8 Å². The number of hydrogen-bond acceptors (Lipinski definition) is 11. The number of hydrogen-bond donors (Lipinski definition) is 1. The zero-order chi connectivity index (χ0) is 43.7. The fourth-order valence-electron chi connectivity index (χ4n) is 11.4. The van der Waals surface area contributed by atoms with Crippen LogP contribution in [0.15, 0.2) is 49.1 Å². The summed E-state index contributed by atoms with van der Waals surface area (Å²) < 4.78 is 48.0. The summed E-state index contributed by atoms with van der Waals surface area (Å²) in [5.74, 6) is -1.45. The molecule has 1 aromatic carbocycles. The van der Waals surface area contributed by atoms with Gasteiger partial charge in [-0.05, 0) is 126 Å². The average molecular weight is 885 g/mol. The highest BCUT2D eigenvalue weighted by Crippen LogP contribution is 2.57. The van der Waals surface area contributed by atoms with Gasteiger partial charge in [0, 0.05) is 24.8 Å². The first-order valence-corrected chi connectivity index (χ1v) is 25.4. The van der Waals surface area contributed by atoms with Crippen molar-refractivity contribution in [2.45, 2.75) is 139 Å². The molecule has 2 bridgehead atoms. The number of para-hydroxylation sites is 1. The molecule has 7 atom stereocenters. The van der Waals surface area contributed by atoms with Crippen molar-refractivity contribution in [3.63, 3.8) is 0 Å². The number of nitrogens with zero attached hydrogens (tertiary/aromatic N) is 3. The van der Waals surface area contributed by atoms with E-state index in [1.54, 1.807) is 11.0 Å². The van der Waals surface area contributed by atoms with Crippen LogP contribution in [0.2, 0.25) is 0 Å². The summed E-state index contributed by atoms with van der Waals surface area (Å²) >= 11 is 0. The van der Waals surface area contributed by atoms with Crippen molar-refractivity contribution >= 4 is 44.5 Å². The minimum absolute atomic E-state index is 0.0387. The normalized spacial score (nSPS) is 31.3. The van der Waals surface area contributed by atoms with E-state index >= 15 is 4.79 Å². The summed E-state index contributed by atoms with van der Waals surface area (Å²) in [5.41, 5.74) is 0.229. The molecule has 4 heterocycles. The number of ether oxygens (including phenoxy) is 3. The van der Waals surface area contributed by atoms with Crippen LogP contribution in [0, 0.1) is 29.1 Å². The molecule has 6 fully saturated rings. The Morgan fingerprint density at radius 3 is 2.49 bits per heavy atom. The number of sulfonamides is 1. The monoisotopic (exact) mass is 884 g/mol. The van der Waals surface area contributed by atoms with E-state index in [0.717, 1.165) is 94.1 Å². The Bertz CT molecular complexity index is 2210. The van der Waals surface area contributed by atoms with Crippen LogP contribution in [-0.2, 0) is 40.4 Å². The Morgan fingerprint density at radius 2 is 1.73 bits per heavy atom. The maximum atomic E-state index is 15.2. The first-order chi connectivity index (χ1) is 30.5. The predicted molar refractivity (Wildman–Crippen MR) is 237 cm³/mol. The number of nitrogens with one attached hydrogen (secondary N) is 1. The van der Waals surface area contributed by atoms with E-state index in [-0.39, 0.29) is 67.8 Å². The second-order valence-electron chi connectivity index (χ2n) is 19.5. The number of aromatic nitrogens is 1. The van der Waals surface area contributed by atoms with Gasteiger partial charge in [0.05, 0.1) is 46.7 Å². The number of Topliss-reactive ketones (excluding diaryl/α,β-unsaturated/α-hetero) is 1. The molecule has 3 aliphatic heterocycles. The molecule has 2 saturated heterocycles. The summed E-state index contributed by atoms with van der Waals surface area (Å²) in [7, 11) is -3.86. The number of carbonyl (C=O) groups excluding carboxylic acids is 4. The van der Waals surface area contributed by atoms with Crippen molar-refractivity contribution in [3.8, 4) is 11.6 Å². The van der Waals surface area contributed by atoms with Crippen LogP contribution >= 0.6 is 0 Å². The van der Waals surface area contributed by atoms with Gasteiger partial charge in [-0.1, -0.05) is 43.2 Å². The molecule has 340 valence electrons. The fraction of sp³-hybridized carbons (Fsp3) is 0.653. The highest BCUT2D eigenvalue weighted by atomic mass is 32.2. The first kappa shape index (κ1) is 43.9. The molecule has 13 nitrogen and oxygen atoms in total. The molecular weight excluding hydrogens is 821 g/mol. The number of esters is 1. The van der Waals surface area contributed by atoms with E-state index in [2.05, 4.69) is 28.4 Å². The van der Waals surface area contributed by atoms with Crippen LogP contribution in [0.3, 0.4) is 0 Å². The zero-order valence-corrected chi connectivity index (χ0v) is 37.4. The molecule has 2 aromatic rings. The molecule has 7 aliphatic rings. The summed E-state index contributed by atoms with van der Waals surface area (Å²) in [6.07, 6.45) is 17.0. The lowest BCUT2D eigenvalue weighted by atomic mass is 9.86. The predicted octanol–water partition coefficient (Wildman–Crippen LogP) is 6.62. The van der Waals surface area contributed by atoms with Crippen LogP contribution in [0.25, 0.3) is 10.9 Å². The number of fused-ring (bicyclic) bond motifs is 5.